The Morgan fingerprint density at radius 3 is 2.68 bits per heavy atom. The maximum atomic E-state index is 11.9. The first kappa shape index (κ1) is 16.2. The van der Waals surface area contributed by atoms with Crippen molar-refractivity contribution < 1.29 is 4.79 Å². The zero-order valence-electron chi connectivity index (χ0n) is 13.4. The average Bonchev–Trinajstić information content (AvgIpc) is 3.14. The van der Waals surface area contributed by atoms with Gasteiger partial charge in [-0.15, -0.1) is 0 Å². The second kappa shape index (κ2) is 7.75. The molecule has 0 aliphatic carbocycles. The van der Waals surface area contributed by atoms with Crippen LogP contribution >= 0.6 is 0 Å². The Labute approximate surface area is 144 Å². The molecule has 7 nitrogen and oxygen atoms in total. The minimum absolute atomic E-state index is 0.318. The van der Waals surface area contributed by atoms with E-state index in [0.717, 1.165) is 11.1 Å². The highest BCUT2D eigenvalue weighted by Gasteiger charge is 2.03. The lowest BCUT2D eigenvalue weighted by molar-refractivity contribution is 0.251. The third-order valence-corrected chi connectivity index (χ3v) is 3.54. The number of aromatic nitrogens is 3. The molecule has 0 bridgehead atoms. The molecular formula is C18H16N6O. The van der Waals surface area contributed by atoms with Gasteiger partial charge in [-0.05, 0) is 29.3 Å². The number of nitrogens with zero attached hydrogens (tertiary/aromatic N) is 4. The Kier molecular flexibility index (Phi) is 5.02. The van der Waals surface area contributed by atoms with Gasteiger partial charge in [-0.3, -0.25) is 0 Å². The topological polar surface area (TPSA) is 95.6 Å². The van der Waals surface area contributed by atoms with Crippen LogP contribution in [0.5, 0.6) is 0 Å². The van der Waals surface area contributed by atoms with Gasteiger partial charge in [0.05, 0.1) is 18.2 Å². The van der Waals surface area contributed by atoms with E-state index in [9.17, 15) is 4.79 Å². The van der Waals surface area contributed by atoms with Crippen LogP contribution in [0.1, 0.15) is 16.7 Å². The predicted octanol–water partition coefficient (Wildman–Crippen LogP) is 2.52. The van der Waals surface area contributed by atoms with Crippen LogP contribution < -0.4 is 10.6 Å². The summed E-state index contributed by atoms with van der Waals surface area (Å²) in [4.78, 5) is 15.8. The molecule has 2 N–H and O–H groups in total. The minimum Gasteiger partial charge on any atom is -0.334 e. The van der Waals surface area contributed by atoms with E-state index in [1.807, 2.05) is 30.3 Å². The van der Waals surface area contributed by atoms with Gasteiger partial charge < -0.3 is 10.6 Å². The van der Waals surface area contributed by atoms with Gasteiger partial charge in [-0.1, -0.05) is 30.3 Å². The molecule has 0 fully saturated rings. The fourth-order valence-electron chi connectivity index (χ4n) is 2.29. The Balaban J connectivity index is 1.51. The van der Waals surface area contributed by atoms with E-state index >= 15 is 0 Å². The second-order valence-corrected chi connectivity index (χ2v) is 5.41. The summed E-state index contributed by atoms with van der Waals surface area (Å²) in [5.41, 5.74) is 3.18. The van der Waals surface area contributed by atoms with Crippen molar-refractivity contribution in [2.45, 2.75) is 13.1 Å². The molecule has 2 aromatic carbocycles. The monoisotopic (exact) mass is 332 g/mol. The molecule has 3 rings (SSSR count). The zero-order chi connectivity index (χ0) is 17.5. The highest BCUT2D eigenvalue weighted by molar-refractivity contribution is 5.89. The first-order chi connectivity index (χ1) is 12.2. The Bertz CT molecular complexity index is 881. The Morgan fingerprint density at radius 1 is 1.16 bits per heavy atom. The number of nitriles is 1. The molecule has 0 saturated carbocycles. The number of urea groups is 1. The molecule has 1 aromatic heterocycles. The molecule has 124 valence electrons. The van der Waals surface area contributed by atoms with Crippen molar-refractivity contribution in [1.29, 1.82) is 5.26 Å². The molecule has 25 heavy (non-hydrogen) atoms. The van der Waals surface area contributed by atoms with Crippen LogP contribution in [-0.4, -0.2) is 20.8 Å². The molecule has 0 atom stereocenters. The van der Waals surface area contributed by atoms with Crippen LogP contribution in [0.15, 0.2) is 61.2 Å². The highest BCUT2D eigenvalue weighted by atomic mass is 16.2. The molecule has 3 aromatic rings. The summed E-state index contributed by atoms with van der Waals surface area (Å²) in [6.45, 7) is 1.07. The van der Waals surface area contributed by atoms with Crippen molar-refractivity contribution in [2.75, 3.05) is 5.32 Å². The van der Waals surface area contributed by atoms with Crippen LogP contribution in [0.4, 0.5) is 10.5 Å². The third-order valence-electron chi connectivity index (χ3n) is 3.54. The first-order valence-corrected chi connectivity index (χ1v) is 7.68. The van der Waals surface area contributed by atoms with Crippen molar-refractivity contribution in [3.63, 3.8) is 0 Å². The van der Waals surface area contributed by atoms with Crippen LogP contribution in [0.2, 0.25) is 0 Å². The summed E-state index contributed by atoms with van der Waals surface area (Å²) in [6.07, 6.45) is 3.17. The maximum absolute atomic E-state index is 11.9. The van der Waals surface area contributed by atoms with Crippen LogP contribution in [0.3, 0.4) is 0 Å². The van der Waals surface area contributed by atoms with Gasteiger partial charge in [0, 0.05) is 12.2 Å². The Morgan fingerprint density at radius 2 is 1.96 bits per heavy atom. The SMILES string of the molecule is N#Cc1cccc(NC(=O)NCc2ccc(Cn3cncn3)cc2)c1. The number of hydrogen-bond acceptors (Lipinski definition) is 4. The van der Waals surface area contributed by atoms with Gasteiger partial charge in [0.1, 0.15) is 12.7 Å². The number of benzene rings is 2. The van der Waals surface area contributed by atoms with Crippen molar-refractivity contribution in [2.24, 2.45) is 0 Å². The van der Waals surface area contributed by atoms with E-state index in [4.69, 9.17) is 5.26 Å². The quantitative estimate of drug-likeness (QED) is 0.750. The molecule has 0 aliphatic rings. The lowest BCUT2D eigenvalue weighted by atomic mass is 10.1. The van der Waals surface area contributed by atoms with Gasteiger partial charge in [-0.25, -0.2) is 14.5 Å². The molecule has 0 radical (unpaired) electrons. The summed E-state index contributed by atoms with van der Waals surface area (Å²) in [7, 11) is 0. The predicted molar refractivity (Wildman–Crippen MR) is 92.6 cm³/mol. The number of rotatable bonds is 5. The van der Waals surface area contributed by atoms with E-state index < -0.39 is 0 Å². The van der Waals surface area contributed by atoms with Gasteiger partial charge in [0.25, 0.3) is 0 Å². The van der Waals surface area contributed by atoms with Crippen molar-refractivity contribution >= 4 is 11.7 Å². The molecule has 7 heteroatoms. The number of nitrogens with one attached hydrogen (secondary N) is 2. The van der Waals surface area contributed by atoms with Gasteiger partial charge in [-0.2, -0.15) is 10.4 Å². The van der Waals surface area contributed by atoms with E-state index in [1.54, 1.807) is 35.3 Å². The molecule has 0 saturated heterocycles. The van der Waals surface area contributed by atoms with Crippen molar-refractivity contribution in [1.82, 2.24) is 20.1 Å². The molecular weight excluding hydrogens is 316 g/mol. The van der Waals surface area contributed by atoms with E-state index in [0.29, 0.717) is 24.3 Å². The second-order valence-electron chi connectivity index (χ2n) is 5.41. The van der Waals surface area contributed by atoms with E-state index in [2.05, 4.69) is 20.7 Å². The summed E-state index contributed by atoms with van der Waals surface area (Å²) in [5.74, 6) is 0. The zero-order valence-corrected chi connectivity index (χ0v) is 13.4. The lowest BCUT2D eigenvalue weighted by Crippen LogP contribution is -2.28. The standard InChI is InChI=1S/C18H16N6O/c19-9-16-2-1-3-17(8-16)23-18(25)21-10-14-4-6-15(7-5-14)11-24-13-20-12-22-24/h1-8,12-13H,10-11H2,(H2,21,23,25). The van der Waals surface area contributed by atoms with Crippen LogP contribution in [-0.2, 0) is 13.1 Å². The van der Waals surface area contributed by atoms with Crippen molar-refractivity contribution in [3.8, 4) is 6.07 Å². The normalized spacial score (nSPS) is 10.0. The molecule has 0 aliphatic heterocycles. The highest BCUT2D eigenvalue weighted by Crippen LogP contribution is 2.10. The molecule has 1 heterocycles. The number of carbonyl (C=O) groups excluding carboxylic acids is 1. The summed E-state index contributed by atoms with van der Waals surface area (Å²) >= 11 is 0. The van der Waals surface area contributed by atoms with Crippen LogP contribution in [0, 0.1) is 11.3 Å². The van der Waals surface area contributed by atoms with Crippen molar-refractivity contribution in [3.05, 3.63) is 77.9 Å². The largest absolute Gasteiger partial charge is 0.334 e. The minimum atomic E-state index is -0.318. The smallest absolute Gasteiger partial charge is 0.319 e. The van der Waals surface area contributed by atoms with Gasteiger partial charge in [0.15, 0.2) is 0 Å². The summed E-state index contributed by atoms with van der Waals surface area (Å²) in [6, 6.07) is 16.4. The average molecular weight is 332 g/mol. The molecule has 2 amide bonds. The fraction of sp³-hybridized carbons (Fsp3) is 0.111. The number of hydrogen-bond donors (Lipinski definition) is 2. The third kappa shape index (κ3) is 4.65. The molecule has 0 spiro atoms. The fourth-order valence-corrected chi connectivity index (χ4v) is 2.29. The number of anilines is 1. The first-order valence-electron chi connectivity index (χ1n) is 7.68. The van der Waals surface area contributed by atoms with Gasteiger partial charge >= 0.3 is 6.03 Å². The Hall–Kier alpha value is -3.66. The lowest BCUT2D eigenvalue weighted by Gasteiger charge is -2.08. The summed E-state index contributed by atoms with van der Waals surface area (Å²) in [5, 5.41) is 18.4. The van der Waals surface area contributed by atoms with E-state index in [1.165, 1.54) is 6.33 Å². The van der Waals surface area contributed by atoms with Crippen LogP contribution in [0.25, 0.3) is 0 Å². The maximum Gasteiger partial charge on any atom is 0.319 e. The molecule has 0 unspecified atom stereocenters. The number of carbonyl (C=O) groups is 1. The van der Waals surface area contributed by atoms with E-state index in [-0.39, 0.29) is 6.03 Å². The summed E-state index contributed by atoms with van der Waals surface area (Å²) < 4.78 is 1.75. The number of amides is 2. The van der Waals surface area contributed by atoms with Gasteiger partial charge in [0.2, 0.25) is 0 Å².